The number of fused-ring (bicyclic) bond motifs is 1. The van der Waals surface area contributed by atoms with Crippen LogP contribution in [0.25, 0.3) is 11.1 Å². The largest absolute Gasteiger partial charge is 0.337 e. The Labute approximate surface area is 144 Å². The first kappa shape index (κ1) is 15.7. The van der Waals surface area contributed by atoms with Crippen LogP contribution in [-0.2, 0) is 6.54 Å². The molecule has 0 radical (unpaired) electrons. The van der Waals surface area contributed by atoms with E-state index < -0.39 is 0 Å². The molecule has 2 aromatic heterocycles. The molecule has 25 heavy (non-hydrogen) atoms. The van der Waals surface area contributed by atoms with Crippen molar-refractivity contribution in [2.45, 2.75) is 32.2 Å². The summed E-state index contributed by atoms with van der Waals surface area (Å²) in [6.45, 7) is 1.98. The lowest BCUT2D eigenvalue weighted by molar-refractivity contribution is 0.0785. The Morgan fingerprint density at radius 3 is 2.84 bits per heavy atom. The summed E-state index contributed by atoms with van der Waals surface area (Å²) in [5.41, 5.74) is 2.89. The quantitative estimate of drug-likeness (QED) is 0.725. The number of aromatic nitrogens is 2. The van der Waals surface area contributed by atoms with E-state index in [2.05, 4.69) is 10.1 Å². The molecule has 0 spiro atoms. The van der Waals surface area contributed by atoms with Crippen LogP contribution in [0.2, 0.25) is 0 Å². The average molecular weight is 339 g/mol. The predicted octanol–water partition coefficient (Wildman–Crippen LogP) is 3.82. The minimum absolute atomic E-state index is 0.191. The third kappa shape index (κ3) is 2.88. The Kier molecular flexibility index (Phi) is 3.75. The molecule has 1 aliphatic carbocycles. The van der Waals surface area contributed by atoms with E-state index in [9.17, 15) is 9.18 Å². The zero-order valence-electron chi connectivity index (χ0n) is 14.1. The van der Waals surface area contributed by atoms with Gasteiger partial charge in [-0.05, 0) is 31.9 Å². The minimum Gasteiger partial charge on any atom is -0.337 e. The molecule has 128 valence electrons. The van der Waals surface area contributed by atoms with E-state index in [4.69, 9.17) is 4.52 Å². The van der Waals surface area contributed by atoms with E-state index >= 15 is 0 Å². The van der Waals surface area contributed by atoms with Crippen LogP contribution in [0.1, 0.15) is 46.1 Å². The minimum atomic E-state index is -0.318. The van der Waals surface area contributed by atoms with Gasteiger partial charge in [-0.25, -0.2) is 9.37 Å². The van der Waals surface area contributed by atoms with E-state index in [0.717, 1.165) is 18.5 Å². The van der Waals surface area contributed by atoms with E-state index in [1.807, 2.05) is 6.07 Å². The van der Waals surface area contributed by atoms with E-state index in [1.165, 1.54) is 11.0 Å². The van der Waals surface area contributed by atoms with Gasteiger partial charge in [-0.15, -0.1) is 0 Å². The summed E-state index contributed by atoms with van der Waals surface area (Å²) < 4.78 is 19.2. The third-order valence-electron chi connectivity index (χ3n) is 4.57. The zero-order chi connectivity index (χ0) is 17.6. The van der Waals surface area contributed by atoms with Crippen LogP contribution in [0.4, 0.5) is 4.39 Å². The number of hydrogen-bond acceptors (Lipinski definition) is 4. The van der Waals surface area contributed by atoms with Crippen LogP contribution >= 0.6 is 0 Å². The molecule has 1 aliphatic rings. The molecule has 0 aliphatic heterocycles. The SMILES string of the molecule is Cc1noc2nc(C3CC3)cc(C(=O)N(C)Cc3ccccc3F)c12. The summed E-state index contributed by atoms with van der Waals surface area (Å²) in [4.78, 5) is 19.0. The number of benzene rings is 1. The lowest BCUT2D eigenvalue weighted by Crippen LogP contribution is -2.27. The predicted molar refractivity (Wildman–Crippen MR) is 90.7 cm³/mol. The van der Waals surface area contributed by atoms with Crippen molar-refractivity contribution in [3.05, 3.63) is 58.7 Å². The maximum atomic E-state index is 13.9. The molecule has 4 rings (SSSR count). The number of nitrogens with zero attached hydrogens (tertiary/aromatic N) is 3. The van der Waals surface area contributed by atoms with Crippen LogP contribution in [-0.4, -0.2) is 28.0 Å². The Bertz CT molecular complexity index is 962. The van der Waals surface area contributed by atoms with Gasteiger partial charge in [0.15, 0.2) is 0 Å². The summed E-state index contributed by atoms with van der Waals surface area (Å²) in [5.74, 6) is -0.121. The molecular formula is C19H18FN3O2. The molecule has 3 aromatic rings. The summed E-state index contributed by atoms with van der Waals surface area (Å²) in [6.07, 6.45) is 2.15. The van der Waals surface area contributed by atoms with Crippen molar-refractivity contribution in [2.75, 3.05) is 7.05 Å². The molecule has 0 unspecified atom stereocenters. The molecule has 1 amide bonds. The smallest absolute Gasteiger partial charge is 0.259 e. The second-order valence-electron chi connectivity index (χ2n) is 6.57. The van der Waals surface area contributed by atoms with Crippen LogP contribution in [0, 0.1) is 12.7 Å². The Balaban J connectivity index is 1.71. The Hall–Kier alpha value is -2.76. The van der Waals surface area contributed by atoms with Crippen molar-refractivity contribution in [3.8, 4) is 0 Å². The first-order valence-electron chi connectivity index (χ1n) is 8.30. The highest BCUT2D eigenvalue weighted by atomic mass is 19.1. The number of amides is 1. The number of aryl methyl sites for hydroxylation is 1. The highest BCUT2D eigenvalue weighted by molar-refractivity contribution is 6.06. The van der Waals surface area contributed by atoms with Crippen LogP contribution in [0.15, 0.2) is 34.9 Å². The molecule has 1 saturated carbocycles. The summed E-state index contributed by atoms with van der Waals surface area (Å²) in [7, 11) is 1.67. The van der Waals surface area contributed by atoms with Gasteiger partial charge in [0, 0.05) is 30.8 Å². The van der Waals surface area contributed by atoms with Crippen molar-refractivity contribution in [1.29, 1.82) is 0 Å². The molecule has 0 bridgehead atoms. The van der Waals surface area contributed by atoms with Gasteiger partial charge in [0.2, 0.25) is 0 Å². The first-order valence-corrected chi connectivity index (χ1v) is 8.30. The van der Waals surface area contributed by atoms with Crippen LogP contribution < -0.4 is 0 Å². The van der Waals surface area contributed by atoms with Gasteiger partial charge in [0.25, 0.3) is 11.6 Å². The number of carbonyl (C=O) groups is 1. The maximum absolute atomic E-state index is 13.9. The summed E-state index contributed by atoms with van der Waals surface area (Å²) >= 11 is 0. The van der Waals surface area contributed by atoms with Crippen LogP contribution in [0.5, 0.6) is 0 Å². The van der Waals surface area contributed by atoms with Crippen molar-refractivity contribution >= 4 is 17.0 Å². The van der Waals surface area contributed by atoms with Crippen LogP contribution in [0.3, 0.4) is 0 Å². The molecule has 5 nitrogen and oxygen atoms in total. The van der Waals surface area contributed by atoms with E-state index in [0.29, 0.717) is 33.8 Å². The number of carbonyl (C=O) groups excluding carboxylic acids is 1. The number of hydrogen-bond donors (Lipinski definition) is 0. The molecular weight excluding hydrogens is 321 g/mol. The van der Waals surface area contributed by atoms with E-state index in [1.54, 1.807) is 32.2 Å². The van der Waals surface area contributed by atoms with Gasteiger partial charge in [-0.2, -0.15) is 0 Å². The molecule has 1 aromatic carbocycles. The second-order valence-corrected chi connectivity index (χ2v) is 6.57. The van der Waals surface area contributed by atoms with Gasteiger partial charge in [0.1, 0.15) is 5.82 Å². The van der Waals surface area contributed by atoms with Crippen molar-refractivity contribution in [3.63, 3.8) is 0 Å². The molecule has 2 heterocycles. The topological polar surface area (TPSA) is 59.2 Å². The molecule has 6 heteroatoms. The lowest BCUT2D eigenvalue weighted by atomic mass is 10.1. The van der Waals surface area contributed by atoms with Gasteiger partial charge in [-0.1, -0.05) is 23.4 Å². The number of halogens is 1. The normalized spacial score (nSPS) is 14.0. The standard InChI is InChI=1S/C19H18FN3O2/c1-11-17-14(9-16(12-7-8-12)21-18(17)25-22-11)19(24)23(2)10-13-5-3-4-6-15(13)20/h3-6,9,12H,7-8,10H2,1-2H3. The average Bonchev–Trinajstić information content (AvgIpc) is 3.39. The monoisotopic (exact) mass is 339 g/mol. The molecule has 0 atom stereocenters. The fourth-order valence-electron chi connectivity index (χ4n) is 3.03. The fraction of sp³-hybridized carbons (Fsp3) is 0.316. The highest BCUT2D eigenvalue weighted by Gasteiger charge is 2.29. The Morgan fingerprint density at radius 1 is 1.36 bits per heavy atom. The molecule has 1 fully saturated rings. The van der Waals surface area contributed by atoms with Crippen molar-refractivity contribution in [2.24, 2.45) is 0 Å². The van der Waals surface area contributed by atoms with Gasteiger partial charge in [-0.3, -0.25) is 4.79 Å². The summed E-state index contributed by atoms with van der Waals surface area (Å²) in [5, 5.41) is 4.58. The van der Waals surface area contributed by atoms with Crippen molar-refractivity contribution in [1.82, 2.24) is 15.0 Å². The second kappa shape index (κ2) is 5.95. The fourth-order valence-corrected chi connectivity index (χ4v) is 3.03. The third-order valence-corrected chi connectivity index (χ3v) is 4.57. The van der Waals surface area contributed by atoms with Gasteiger partial charge >= 0.3 is 0 Å². The van der Waals surface area contributed by atoms with Gasteiger partial charge < -0.3 is 9.42 Å². The Morgan fingerprint density at radius 2 is 2.12 bits per heavy atom. The zero-order valence-corrected chi connectivity index (χ0v) is 14.1. The van der Waals surface area contributed by atoms with E-state index in [-0.39, 0.29) is 18.3 Å². The molecule has 0 N–H and O–H groups in total. The van der Waals surface area contributed by atoms with Gasteiger partial charge in [0.05, 0.1) is 16.6 Å². The highest BCUT2D eigenvalue weighted by Crippen LogP contribution is 2.40. The number of rotatable bonds is 4. The molecule has 0 saturated heterocycles. The lowest BCUT2D eigenvalue weighted by Gasteiger charge is -2.18. The maximum Gasteiger partial charge on any atom is 0.259 e. The first-order chi connectivity index (χ1) is 12.0. The summed E-state index contributed by atoms with van der Waals surface area (Å²) in [6, 6.07) is 8.31. The van der Waals surface area contributed by atoms with Crippen molar-refractivity contribution < 1.29 is 13.7 Å². The number of pyridine rings is 1.